The van der Waals surface area contributed by atoms with Gasteiger partial charge in [0.05, 0.1) is 18.3 Å². The van der Waals surface area contributed by atoms with Gasteiger partial charge < -0.3 is 11.1 Å². The Morgan fingerprint density at radius 3 is 2.60 bits per heavy atom. The van der Waals surface area contributed by atoms with E-state index in [0.717, 1.165) is 11.3 Å². The fourth-order valence-corrected chi connectivity index (χ4v) is 1.36. The van der Waals surface area contributed by atoms with E-state index in [1.807, 2.05) is 20.9 Å². The molecule has 1 aromatic rings. The van der Waals surface area contributed by atoms with E-state index < -0.39 is 6.04 Å². The standard InChI is InChI=1S/C10H18N4O/c1-6(11)10(15)13-7(2)9-5-12-14(4)8(9)3/h5-7H,11H2,1-4H3,(H,13,15)/t6-,7?/m1/s1. The minimum absolute atomic E-state index is 0.0581. The van der Waals surface area contributed by atoms with Crippen LogP contribution >= 0.6 is 0 Å². The average Bonchev–Trinajstić information content (AvgIpc) is 2.47. The second-order valence-electron chi connectivity index (χ2n) is 3.83. The van der Waals surface area contributed by atoms with E-state index in [4.69, 9.17) is 5.73 Å². The third-order valence-electron chi connectivity index (χ3n) is 2.51. The number of aryl methyl sites for hydroxylation is 1. The normalized spacial score (nSPS) is 14.7. The lowest BCUT2D eigenvalue weighted by atomic mass is 10.1. The molecule has 5 nitrogen and oxygen atoms in total. The molecule has 1 amide bonds. The first-order chi connectivity index (χ1) is 6.93. The van der Waals surface area contributed by atoms with Gasteiger partial charge in [0.15, 0.2) is 0 Å². The summed E-state index contributed by atoms with van der Waals surface area (Å²) in [5, 5.41) is 6.96. The molecule has 3 N–H and O–H groups in total. The van der Waals surface area contributed by atoms with Crippen LogP contribution < -0.4 is 11.1 Å². The Hall–Kier alpha value is -1.36. The van der Waals surface area contributed by atoms with Crippen LogP contribution in [0.3, 0.4) is 0 Å². The molecule has 0 aliphatic carbocycles. The van der Waals surface area contributed by atoms with E-state index in [0.29, 0.717) is 0 Å². The highest BCUT2D eigenvalue weighted by molar-refractivity contribution is 5.81. The second kappa shape index (κ2) is 4.44. The number of aromatic nitrogens is 2. The summed E-state index contributed by atoms with van der Waals surface area (Å²) in [7, 11) is 1.87. The van der Waals surface area contributed by atoms with E-state index in [9.17, 15) is 4.79 Å². The molecule has 0 radical (unpaired) electrons. The minimum Gasteiger partial charge on any atom is -0.348 e. The van der Waals surface area contributed by atoms with Crippen LogP contribution in [0.2, 0.25) is 0 Å². The van der Waals surface area contributed by atoms with Crippen LogP contribution in [0.5, 0.6) is 0 Å². The number of hydrogen-bond acceptors (Lipinski definition) is 3. The number of carbonyl (C=O) groups is 1. The predicted octanol–water partition coefficient (Wildman–Crippen LogP) is 0.253. The molecular weight excluding hydrogens is 192 g/mol. The molecular formula is C10H18N4O. The van der Waals surface area contributed by atoms with Gasteiger partial charge in [-0.15, -0.1) is 0 Å². The van der Waals surface area contributed by atoms with Crippen molar-refractivity contribution in [3.05, 3.63) is 17.5 Å². The lowest BCUT2D eigenvalue weighted by Gasteiger charge is -2.15. The number of rotatable bonds is 3. The Labute approximate surface area is 89.6 Å². The van der Waals surface area contributed by atoms with Crippen molar-refractivity contribution in [2.24, 2.45) is 12.8 Å². The zero-order valence-electron chi connectivity index (χ0n) is 9.61. The maximum Gasteiger partial charge on any atom is 0.237 e. The molecule has 84 valence electrons. The zero-order valence-corrected chi connectivity index (χ0v) is 9.61. The second-order valence-corrected chi connectivity index (χ2v) is 3.83. The molecule has 2 atom stereocenters. The highest BCUT2D eigenvalue weighted by Crippen LogP contribution is 2.15. The largest absolute Gasteiger partial charge is 0.348 e. The predicted molar refractivity (Wildman–Crippen MR) is 58.2 cm³/mol. The van der Waals surface area contributed by atoms with E-state index in [1.54, 1.807) is 17.8 Å². The van der Waals surface area contributed by atoms with E-state index in [1.165, 1.54) is 0 Å². The monoisotopic (exact) mass is 210 g/mol. The Balaban J connectivity index is 2.73. The first-order valence-electron chi connectivity index (χ1n) is 4.98. The van der Waals surface area contributed by atoms with Crippen LogP contribution in [0, 0.1) is 6.92 Å². The highest BCUT2D eigenvalue weighted by atomic mass is 16.2. The first-order valence-corrected chi connectivity index (χ1v) is 4.98. The van der Waals surface area contributed by atoms with Gasteiger partial charge in [0, 0.05) is 18.3 Å². The molecule has 0 bridgehead atoms. The van der Waals surface area contributed by atoms with Crippen molar-refractivity contribution in [3.8, 4) is 0 Å². The van der Waals surface area contributed by atoms with Gasteiger partial charge in [-0.2, -0.15) is 5.10 Å². The van der Waals surface area contributed by atoms with Crippen molar-refractivity contribution >= 4 is 5.91 Å². The molecule has 1 rings (SSSR count). The fraction of sp³-hybridized carbons (Fsp3) is 0.600. The first kappa shape index (κ1) is 11.7. The van der Waals surface area contributed by atoms with Gasteiger partial charge in [0.1, 0.15) is 0 Å². The molecule has 0 fully saturated rings. The van der Waals surface area contributed by atoms with E-state index in [2.05, 4.69) is 10.4 Å². The SMILES string of the molecule is Cc1c(C(C)NC(=O)[C@@H](C)N)cnn1C. The van der Waals surface area contributed by atoms with Crippen molar-refractivity contribution in [1.82, 2.24) is 15.1 Å². The maximum absolute atomic E-state index is 11.4. The lowest BCUT2D eigenvalue weighted by molar-refractivity contribution is -0.122. The summed E-state index contributed by atoms with van der Waals surface area (Å²) in [5.74, 6) is -0.147. The third-order valence-corrected chi connectivity index (χ3v) is 2.51. The molecule has 0 aliphatic rings. The number of hydrogen-bond donors (Lipinski definition) is 2. The smallest absolute Gasteiger partial charge is 0.237 e. The van der Waals surface area contributed by atoms with E-state index in [-0.39, 0.29) is 11.9 Å². The molecule has 1 unspecified atom stereocenters. The summed E-state index contributed by atoms with van der Waals surface area (Å²) in [4.78, 5) is 11.4. The van der Waals surface area contributed by atoms with Crippen LogP contribution in [0.15, 0.2) is 6.20 Å². The maximum atomic E-state index is 11.4. The van der Waals surface area contributed by atoms with Gasteiger partial charge >= 0.3 is 0 Å². The molecule has 1 aromatic heterocycles. The Bertz CT molecular complexity index is 356. The minimum atomic E-state index is -0.482. The summed E-state index contributed by atoms with van der Waals surface area (Å²) in [6.45, 7) is 5.55. The number of amides is 1. The topological polar surface area (TPSA) is 72.9 Å². The number of nitrogens with zero attached hydrogens (tertiary/aromatic N) is 2. The highest BCUT2D eigenvalue weighted by Gasteiger charge is 2.16. The van der Waals surface area contributed by atoms with Gasteiger partial charge in [-0.1, -0.05) is 0 Å². The number of carbonyl (C=O) groups excluding carboxylic acids is 1. The van der Waals surface area contributed by atoms with Crippen LogP contribution in [0.25, 0.3) is 0 Å². The van der Waals surface area contributed by atoms with Crippen molar-refractivity contribution in [3.63, 3.8) is 0 Å². The fourth-order valence-electron chi connectivity index (χ4n) is 1.36. The van der Waals surface area contributed by atoms with Gasteiger partial charge in [-0.25, -0.2) is 0 Å². The zero-order chi connectivity index (χ0) is 11.6. The molecule has 1 heterocycles. The third kappa shape index (κ3) is 2.56. The van der Waals surface area contributed by atoms with Crippen molar-refractivity contribution in [1.29, 1.82) is 0 Å². The van der Waals surface area contributed by atoms with Crippen LogP contribution in [0.4, 0.5) is 0 Å². The van der Waals surface area contributed by atoms with E-state index >= 15 is 0 Å². The summed E-state index contributed by atoms with van der Waals surface area (Å²) < 4.78 is 1.78. The Morgan fingerprint density at radius 2 is 2.20 bits per heavy atom. The van der Waals surface area contributed by atoms with Gasteiger partial charge in [-0.3, -0.25) is 9.48 Å². The Morgan fingerprint density at radius 1 is 1.60 bits per heavy atom. The van der Waals surface area contributed by atoms with Gasteiger partial charge in [0.25, 0.3) is 0 Å². The summed E-state index contributed by atoms with van der Waals surface area (Å²) >= 11 is 0. The molecule has 5 heteroatoms. The van der Waals surface area contributed by atoms with Gasteiger partial charge in [-0.05, 0) is 20.8 Å². The number of nitrogens with two attached hydrogens (primary N) is 1. The average molecular weight is 210 g/mol. The molecule has 15 heavy (non-hydrogen) atoms. The number of nitrogens with one attached hydrogen (secondary N) is 1. The van der Waals surface area contributed by atoms with Crippen molar-refractivity contribution in [2.75, 3.05) is 0 Å². The van der Waals surface area contributed by atoms with Crippen molar-refractivity contribution in [2.45, 2.75) is 32.9 Å². The molecule has 0 aliphatic heterocycles. The molecule has 0 saturated carbocycles. The van der Waals surface area contributed by atoms with Crippen LogP contribution in [-0.4, -0.2) is 21.7 Å². The molecule has 0 aromatic carbocycles. The lowest BCUT2D eigenvalue weighted by Crippen LogP contribution is -2.39. The van der Waals surface area contributed by atoms with Crippen LogP contribution in [0.1, 0.15) is 31.1 Å². The van der Waals surface area contributed by atoms with Gasteiger partial charge in [0.2, 0.25) is 5.91 Å². The summed E-state index contributed by atoms with van der Waals surface area (Å²) in [5.41, 5.74) is 7.54. The van der Waals surface area contributed by atoms with Crippen molar-refractivity contribution < 1.29 is 4.79 Å². The summed E-state index contributed by atoms with van der Waals surface area (Å²) in [6, 6.07) is -0.540. The summed E-state index contributed by atoms with van der Waals surface area (Å²) in [6.07, 6.45) is 1.77. The Kier molecular flexibility index (Phi) is 3.47. The quantitative estimate of drug-likeness (QED) is 0.751. The molecule has 0 saturated heterocycles. The van der Waals surface area contributed by atoms with Crippen LogP contribution in [-0.2, 0) is 11.8 Å². The molecule has 0 spiro atoms.